The Morgan fingerprint density at radius 2 is 0.821 bits per heavy atom. The third-order valence-corrected chi connectivity index (χ3v) is 27.1. The van der Waals surface area contributed by atoms with Crippen molar-refractivity contribution in [1.29, 1.82) is 0 Å². The van der Waals surface area contributed by atoms with E-state index in [4.69, 9.17) is 22.7 Å². The minimum absolute atomic E-state index is 0.0148. The van der Waals surface area contributed by atoms with Gasteiger partial charge in [-0.25, -0.2) is 57.7 Å². The van der Waals surface area contributed by atoms with Crippen molar-refractivity contribution < 1.29 is 49.9 Å². The van der Waals surface area contributed by atoms with E-state index >= 15 is 4.39 Å². The number of H-pyrrole nitrogens is 3. The smallest absolute Gasteiger partial charge is 0.232 e. The van der Waals surface area contributed by atoms with E-state index in [0.717, 1.165) is 152 Å². The molecule has 3 saturated carbocycles. The van der Waals surface area contributed by atoms with Gasteiger partial charge in [0.2, 0.25) is 10.0 Å². The van der Waals surface area contributed by atoms with Crippen LogP contribution in [0.1, 0.15) is 148 Å². The molecule has 21 rings (SSSR count). The van der Waals surface area contributed by atoms with Gasteiger partial charge in [-0.3, -0.25) is 18.7 Å². The highest BCUT2D eigenvalue weighted by Gasteiger charge is 2.51. The van der Waals surface area contributed by atoms with Gasteiger partial charge in [0.1, 0.15) is 86.3 Å². The molecule has 0 amide bonds. The Labute approximate surface area is 773 Å². The van der Waals surface area contributed by atoms with Crippen LogP contribution in [0.3, 0.4) is 0 Å². The van der Waals surface area contributed by atoms with Gasteiger partial charge in [0, 0.05) is 190 Å². The van der Waals surface area contributed by atoms with Crippen LogP contribution in [-0.2, 0) is 26.3 Å². The van der Waals surface area contributed by atoms with E-state index < -0.39 is 21.3 Å². The van der Waals surface area contributed by atoms with E-state index in [9.17, 15) is 22.8 Å². The second-order valence-electron chi connectivity index (χ2n) is 35.0. The normalized spacial score (nSPS) is 13.8. The molecule has 0 atom stereocenters. The molecule has 0 bridgehead atoms. The van der Waals surface area contributed by atoms with Crippen LogP contribution in [0.5, 0.6) is 11.5 Å². The number of furan rings is 3. The Kier molecular flexibility index (Phi) is 23.6. The number of halogens is 1. The highest BCUT2D eigenvalue weighted by molar-refractivity contribution is 7.92. The van der Waals surface area contributed by atoms with Gasteiger partial charge >= 0.3 is 0 Å². The summed E-state index contributed by atoms with van der Waals surface area (Å²) < 4.78 is 75.1. The number of hydrogen-bond acceptors (Lipinski definition) is 20. The molecule has 4 N–H and O–H groups in total. The number of aryl methyl sites for hydroxylation is 5. The van der Waals surface area contributed by atoms with Crippen LogP contribution in [0.4, 0.5) is 15.8 Å². The number of aromatic nitrogens is 12. The van der Waals surface area contributed by atoms with E-state index in [2.05, 4.69) is 109 Å². The molecule has 9 heterocycles. The standard InChI is InChI=1S/C37H35N5O5S.C36H33N5O3.C35H29FN4O2/c1-5-42(48(4,44)45)29-21-32-28(33(35-38-17-18-39-35)34(47-32)24-9-7-23(2)8-10-24)20-26(29)25-11-12-31(46-3)27(19-25)30(43)22-37(13-14-37)36-40-15-6-16-41-36;1-4-37-28-20-31-27(32(34-38-16-17-39-34)33(44-31)23-8-6-22(2)7-9-23)19-25(28)24-10-11-30(43-3)26(18-24)29(42)21-36(12-13-36)35-40-14-5-15-41-35;1-20-5-7-23(8-6-20)32-30(33-37-15-16-38-33)29-28(42-32)10-9-24(31(29)36)25-18-26(22(3)17-21(25)2)27(41)19-35(11-12-35)34-39-13-4-14-40-34/h6-12,15-21H,5,13-14,22H2,1-4H3,(H,38,39);5-11,14-20,37H,4,12-13,21H2,1-3H3,(H,38,39);4-10,13-18H,11-12,19H2,1-3H3,(H,37,38). The average molecular weight is 1800 g/mol. The Morgan fingerprint density at radius 1 is 0.425 bits per heavy atom. The number of benzene rings is 9. The van der Waals surface area contributed by atoms with Crippen LogP contribution in [0.25, 0.3) is 134 Å². The topological polar surface area (TPSA) is 322 Å². The molecule has 0 radical (unpaired) electrons. The molecule has 3 aliphatic rings. The van der Waals surface area contributed by atoms with Gasteiger partial charge in [-0.05, 0) is 188 Å². The molecule has 9 aromatic carbocycles. The second kappa shape index (κ2) is 36.0. The number of nitrogens with one attached hydrogen (secondary N) is 4. The second-order valence-corrected chi connectivity index (χ2v) is 36.9. The van der Waals surface area contributed by atoms with E-state index in [0.29, 0.717) is 120 Å². The fourth-order valence-corrected chi connectivity index (χ4v) is 19.3. The summed E-state index contributed by atoms with van der Waals surface area (Å²) in [5, 5.41) is 5.53. The van der Waals surface area contributed by atoms with Gasteiger partial charge in [-0.2, -0.15) is 0 Å². The molecular formula is C108H97FN14O10S. The third-order valence-electron chi connectivity index (χ3n) is 25.9. The first kappa shape index (κ1) is 87.9. The predicted molar refractivity (Wildman–Crippen MR) is 518 cm³/mol. The first-order chi connectivity index (χ1) is 64.9. The summed E-state index contributed by atoms with van der Waals surface area (Å²) in [6.07, 6.45) is 27.9. The van der Waals surface area contributed by atoms with Gasteiger partial charge in [0.15, 0.2) is 17.3 Å². The van der Waals surface area contributed by atoms with Gasteiger partial charge in [-0.1, -0.05) is 108 Å². The lowest BCUT2D eigenvalue weighted by molar-refractivity contribution is 0.0957. The van der Waals surface area contributed by atoms with Crippen molar-refractivity contribution in [3.8, 4) is 113 Å². The number of ketones is 3. The van der Waals surface area contributed by atoms with Crippen LogP contribution in [-0.4, -0.2) is 119 Å². The predicted octanol–water partition coefficient (Wildman–Crippen LogP) is 23.7. The van der Waals surface area contributed by atoms with Crippen molar-refractivity contribution >= 4 is 71.7 Å². The van der Waals surface area contributed by atoms with Crippen LogP contribution >= 0.6 is 0 Å². The van der Waals surface area contributed by atoms with Gasteiger partial charge < -0.3 is 43.0 Å². The van der Waals surface area contributed by atoms with Crippen molar-refractivity contribution in [1.82, 2.24) is 59.8 Å². The zero-order valence-corrected chi connectivity index (χ0v) is 76.6. The molecule has 0 aliphatic heterocycles. The molecule has 134 heavy (non-hydrogen) atoms. The summed E-state index contributed by atoms with van der Waals surface area (Å²) in [7, 11) is -0.554. The summed E-state index contributed by atoms with van der Waals surface area (Å²) in [6, 6.07) is 56.0. The number of methoxy groups -OCH3 is 2. The van der Waals surface area contributed by atoms with Crippen LogP contribution in [0.2, 0.25) is 0 Å². The number of hydrogen-bond donors (Lipinski definition) is 4. The Morgan fingerprint density at radius 3 is 1.22 bits per heavy atom. The number of fused-ring (bicyclic) bond motifs is 3. The molecule has 3 fully saturated rings. The largest absolute Gasteiger partial charge is 0.496 e. The van der Waals surface area contributed by atoms with Gasteiger partial charge in [0.05, 0.1) is 59.4 Å². The number of sulfonamides is 1. The zero-order chi connectivity index (χ0) is 92.9. The van der Waals surface area contributed by atoms with E-state index in [-0.39, 0.29) is 41.1 Å². The molecule has 0 spiro atoms. The molecule has 0 unspecified atom stereocenters. The summed E-state index contributed by atoms with van der Waals surface area (Å²) in [4.78, 5) is 91.5. The molecular weight excluding hydrogens is 1700 g/mol. The molecule has 24 nitrogen and oxygen atoms in total. The van der Waals surface area contributed by atoms with Crippen molar-refractivity contribution in [2.24, 2.45) is 0 Å². The van der Waals surface area contributed by atoms with Crippen molar-refractivity contribution in [3.63, 3.8) is 0 Å². The molecule has 9 aromatic heterocycles. The number of rotatable bonds is 28. The molecule has 18 aromatic rings. The fraction of sp³-hybridized carbons (Fsp3) is 0.222. The number of imidazole rings is 3. The Hall–Kier alpha value is -15.4. The highest BCUT2D eigenvalue weighted by Crippen LogP contribution is 2.55. The summed E-state index contributed by atoms with van der Waals surface area (Å²) in [5.74, 6) is 6.39. The first-order valence-electron chi connectivity index (χ1n) is 44.7. The number of carbonyl (C=O) groups is 3. The Balaban J connectivity index is 0.000000130. The number of aromatic amines is 3. The third kappa shape index (κ3) is 17.1. The lowest BCUT2D eigenvalue weighted by atomic mass is 9.88. The van der Waals surface area contributed by atoms with Crippen molar-refractivity contribution in [2.45, 2.75) is 122 Å². The minimum atomic E-state index is -3.69. The molecule has 26 heteroatoms. The maximum atomic E-state index is 16.7. The minimum Gasteiger partial charge on any atom is -0.496 e. The van der Waals surface area contributed by atoms with E-state index in [1.807, 2.05) is 131 Å². The maximum absolute atomic E-state index is 16.7. The number of carbonyl (C=O) groups excluding carboxylic acids is 3. The maximum Gasteiger partial charge on any atom is 0.232 e. The highest BCUT2D eigenvalue weighted by atomic mass is 32.2. The number of anilines is 2. The lowest BCUT2D eigenvalue weighted by Crippen LogP contribution is -2.29. The van der Waals surface area contributed by atoms with Crippen LogP contribution in [0, 0.1) is 40.4 Å². The first-order valence-corrected chi connectivity index (χ1v) is 46.6. The molecule has 0 saturated heterocycles. The number of nitrogens with zero attached hydrogens (tertiary/aromatic N) is 10. The van der Waals surface area contributed by atoms with E-state index in [1.165, 1.54) is 23.2 Å². The summed E-state index contributed by atoms with van der Waals surface area (Å²) in [6.45, 7) is 14.7. The summed E-state index contributed by atoms with van der Waals surface area (Å²) in [5.41, 5.74) is 17.8. The Bertz CT molecular complexity index is 7580. The summed E-state index contributed by atoms with van der Waals surface area (Å²) >= 11 is 0. The molecule has 672 valence electrons. The number of Topliss-reactive ketones (excluding diaryl/α,β-unsaturated/α-hetero) is 3. The van der Waals surface area contributed by atoms with Crippen LogP contribution < -0.4 is 19.1 Å². The zero-order valence-electron chi connectivity index (χ0n) is 75.8. The van der Waals surface area contributed by atoms with Crippen LogP contribution in [0.15, 0.2) is 264 Å². The number of ether oxygens (including phenoxy) is 2. The molecule has 3 aliphatic carbocycles. The van der Waals surface area contributed by atoms with Gasteiger partial charge in [-0.15, -0.1) is 0 Å². The van der Waals surface area contributed by atoms with Crippen molar-refractivity contribution in [3.05, 3.63) is 318 Å². The van der Waals surface area contributed by atoms with E-state index in [1.54, 1.807) is 131 Å². The quantitative estimate of drug-likeness (QED) is 0.0331. The average Bonchev–Trinajstić information content (AvgIpc) is 1.57. The fourth-order valence-electron chi connectivity index (χ4n) is 18.3. The SMILES string of the molecule is CCN(c1cc2oc(-c3ccc(C)cc3)c(-c3ncc[nH]3)c2cc1-c1ccc(OC)c(C(=O)CC2(c3ncccn3)CC2)c1)S(C)(=O)=O.CCNc1cc2oc(-c3ccc(C)cc3)c(-c3ncc[nH]3)c2cc1-c1ccc(OC)c(C(=O)CC2(c3ncccn3)CC2)c1.Cc1ccc(-c2oc3ccc(-c4cc(C(=O)CC5(c6ncccn6)CC5)c(C)cc4C)c(F)c3c2-c2ncc[nH]2)cc1. The van der Waals surface area contributed by atoms with Gasteiger partial charge in [0.25, 0.3) is 0 Å². The lowest BCUT2D eigenvalue weighted by Gasteiger charge is -2.24. The monoisotopic (exact) mass is 1800 g/mol. The van der Waals surface area contributed by atoms with Crippen molar-refractivity contribution in [2.75, 3.05) is 43.2 Å².